The van der Waals surface area contributed by atoms with Crippen LogP contribution >= 0.6 is 11.5 Å². The lowest BCUT2D eigenvalue weighted by atomic mass is 10.1. The Bertz CT molecular complexity index is 712. The first kappa shape index (κ1) is 19.3. The molecule has 0 fully saturated rings. The van der Waals surface area contributed by atoms with Crippen molar-refractivity contribution in [3.8, 4) is 17.0 Å². The Morgan fingerprint density at radius 2 is 2.08 bits per heavy atom. The summed E-state index contributed by atoms with van der Waals surface area (Å²) in [6, 6.07) is 7.19. The van der Waals surface area contributed by atoms with Crippen LogP contribution in [0, 0.1) is 0 Å². The molecular formula is C17H23N3O4S. The standard InChI is InChI=1S/C17H23N3O4S/c1-17(2,3)18-9-11(21)10-24-13-8-6-5-7-12(13)14-15(16(22)23-4)25-20-19-14/h5-8,11,18,21H,9-10H2,1-4H3. The van der Waals surface area contributed by atoms with E-state index in [9.17, 15) is 9.90 Å². The average Bonchev–Trinajstić information content (AvgIpc) is 3.06. The number of esters is 1. The molecule has 8 heteroatoms. The third-order valence-corrected chi connectivity index (χ3v) is 4.01. The minimum atomic E-state index is -0.666. The second-order valence-corrected chi connectivity index (χ2v) is 7.29. The third kappa shape index (κ3) is 5.48. The SMILES string of the molecule is COC(=O)c1snnc1-c1ccccc1OCC(O)CNC(C)(C)C. The smallest absolute Gasteiger partial charge is 0.352 e. The summed E-state index contributed by atoms with van der Waals surface area (Å²) in [5.41, 5.74) is 0.961. The van der Waals surface area contributed by atoms with E-state index in [4.69, 9.17) is 9.47 Å². The number of aromatic nitrogens is 2. The second kappa shape index (κ2) is 8.37. The lowest BCUT2D eigenvalue weighted by Crippen LogP contribution is -2.42. The van der Waals surface area contributed by atoms with Gasteiger partial charge < -0.3 is 19.9 Å². The summed E-state index contributed by atoms with van der Waals surface area (Å²) in [4.78, 5) is 12.2. The van der Waals surface area contributed by atoms with Gasteiger partial charge in [-0.2, -0.15) is 0 Å². The normalized spacial score (nSPS) is 12.7. The van der Waals surface area contributed by atoms with Crippen LogP contribution in [0.15, 0.2) is 24.3 Å². The van der Waals surface area contributed by atoms with E-state index in [-0.39, 0.29) is 12.1 Å². The molecule has 0 spiro atoms. The van der Waals surface area contributed by atoms with Gasteiger partial charge in [0.1, 0.15) is 24.2 Å². The molecule has 2 N–H and O–H groups in total. The number of nitrogens with one attached hydrogen (secondary N) is 1. The van der Waals surface area contributed by atoms with Crippen LogP contribution in [0.2, 0.25) is 0 Å². The first-order chi connectivity index (χ1) is 11.8. The summed E-state index contributed by atoms with van der Waals surface area (Å²) in [5, 5.41) is 17.3. The minimum Gasteiger partial charge on any atom is -0.490 e. The number of nitrogens with zero attached hydrogens (tertiary/aromatic N) is 2. The molecule has 7 nitrogen and oxygen atoms in total. The molecule has 0 aliphatic rings. The van der Waals surface area contributed by atoms with E-state index >= 15 is 0 Å². The highest BCUT2D eigenvalue weighted by Crippen LogP contribution is 2.32. The number of hydrogen-bond acceptors (Lipinski definition) is 8. The van der Waals surface area contributed by atoms with E-state index in [1.165, 1.54) is 7.11 Å². The van der Waals surface area contributed by atoms with Gasteiger partial charge in [-0.25, -0.2) is 4.79 Å². The predicted octanol–water partition coefficient (Wildman–Crippen LogP) is 2.12. The number of aliphatic hydroxyl groups is 1. The molecule has 0 saturated carbocycles. The van der Waals surface area contributed by atoms with Crippen molar-refractivity contribution in [1.82, 2.24) is 14.9 Å². The van der Waals surface area contributed by atoms with Gasteiger partial charge in [-0.05, 0) is 44.4 Å². The number of methoxy groups -OCH3 is 1. The van der Waals surface area contributed by atoms with E-state index in [1.54, 1.807) is 12.1 Å². The molecule has 1 atom stereocenters. The van der Waals surface area contributed by atoms with Gasteiger partial charge in [-0.15, -0.1) is 5.10 Å². The fraction of sp³-hybridized carbons (Fsp3) is 0.471. The van der Waals surface area contributed by atoms with Gasteiger partial charge in [0, 0.05) is 17.6 Å². The van der Waals surface area contributed by atoms with Crippen LogP contribution in [0.3, 0.4) is 0 Å². The predicted molar refractivity (Wildman–Crippen MR) is 95.9 cm³/mol. The number of benzene rings is 1. The highest BCUT2D eigenvalue weighted by Gasteiger charge is 2.21. The maximum Gasteiger partial charge on any atom is 0.352 e. The van der Waals surface area contributed by atoms with Crippen molar-refractivity contribution in [2.45, 2.75) is 32.4 Å². The van der Waals surface area contributed by atoms with Crippen LogP contribution in [-0.4, -0.2) is 52.6 Å². The number of carbonyl (C=O) groups excluding carboxylic acids is 1. The monoisotopic (exact) mass is 365 g/mol. The zero-order valence-corrected chi connectivity index (χ0v) is 15.6. The van der Waals surface area contributed by atoms with Crippen molar-refractivity contribution >= 4 is 17.5 Å². The Kier molecular flexibility index (Phi) is 6.46. The molecule has 0 amide bonds. The highest BCUT2D eigenvalue weighted by atomic mass is 32.1. The van der Waals surface area contributed by atoms with Gasteiger partial charge in [0.15, 0.2) is 4.88 Å². The van der Waals surface area contributed by atoms with E-state index in [1.807, 2.05) is 32.9 Å². The quantitative estimate of drug-likeness (QED) is 0.726. The molecule has 0 saturated heterocycles. The van der Waals surface area contributed by atoms with Crippen LogP contribution in [-0.2, 0) is 4.74 Å². The summed E-state index contributed by atoms with van der Waals surface area (Å²) < 4.78 is 14.3. The molecular weight excluding hydrogens is 342 g/mol. The van der Waals surface area contributed by atoms with Crippen LogP contribution in [0.5, 0.6) is 5.75 Å². The Morgan fingerprint density at radius 1 is 1.36 bits per heavy atom. The average molecular weight is 365 g/mol. The van der Waals surface area contributed by atoms with Gasteiger partial charge >= 0.3 is 5.97 Å². The summed E-state index contributed by atoms with van der Waals surface area (Å²) in [6.45, 7) is 6.61. The molecule has 0 aliphatic carbocycles. The first-order valence-electron chi connectivity index (χ1n) is 7.88. The van der Waals surface area contributed by atoms with E-state index in [2.05, 4.69) is 14.9 Å². The Hall–Kier alpha value is -2.03. The fourth-order valence-corrected chi connectivity index (χ4v) is 2.65. The highest BCUT2D eigenvalue weighted by molar-refractivity contribution is 7.08. The summed E-state index contributed by atoms with van der Waals surface area (Å²) in [6.07, 6.45) is -0.666. The number of hydrogen-bond donors (Lipinski definition) is 2. The lowest BCUT2D eigenvalue weighted by molar-refractivity contribution is 0.0607. The number of carbonyl (C=O) groups is 1. The van der Waals surface area contributed by atoms with Crippen molar-refractivity contribution in [2.75, 3.05) is 20.3 Å². The van der Waals surface area contributed by atoms with Crippen LogP contribution in [0.4, 0.5) is 0 Å². The Morgan fingerprint density at radius 3 is 2.76 bits per heavy atom. The molecule has 1 aromatic carbocycles. The maximum atomic E-state index is 11.8. The van der Waals surface area contributed by atoms with Crippen LogP contribution in [0.25, 0.3) is 11.3 Å². The van der Waals surface area contributed by atoms with E-state index in [0.717, 1.165) is 11.5 Å². The van der Waals surface area contributed by atoms with E-state index in [0.29, 0.717) is 28.4 Å². The molecule has 1 aromatic heterocycles. The Balaban J connectivity index is 2.11. The maximum absolute atomic E-state index is 11.8. The Labute approximate surface area is 151 Å². The van der Waals surface area contributed by atoms with Crippen LogP contribution in [0.1, 0.15) is 30.4 Å². The van der Waals surface area contributed by atoms with Crippen molar-refractivity contribution in [2.24, 2.45) is 0 Å². The number of rotatable bonds is 7. The summed E-state index contributed by atoms with van der Waals surface area (Å²) in [5.74, 6) is 0.0318. The van der Waals surface area contributed by atoms with Crippen LogP contribution < -0.4 is 10.1 Å². The molecule has 2 aromatic rings. The molecule has 25 heavy (non-hydrogen) atoms. The van der Waals surface area contributed by atoms with Gasteiger partial charge in [-0.1, -0.05) is 16.6 Å². The number of β-amino-alcohol motifs (C(OH)–C–C–N with tert-alkyl or cyclic N) is 1. The lowest BCUT2D eigenvalue weighted by Gasteiger charge is -2.23. The molecule has 0 bridgehead atoms. The van der Waals surface area contributed by atoms with Gasteiger partial charge in [0.25, 0.3) is 0 Å². The molecule has 136 valence electrons. The van der Waals surface area contributed by atoms with Gasteiger partial charge in [-0.3, -0.25) is 0 Å². The third-order valence-electron chi connectivity index (χ3n) is 3.30. The van der Waals surface area contributed by atoms with Crippen molar-refractivity contribution in [1.29, 1.82) is 0 Å². The topological polar surface area (TPSA) is 93.6 Å². The van der Waals surface area contributed by atoms with Gasteiger partial charge in [0.2, 0.25) is 0 Å². The number of ether oxygens (including phenoxy) is 2. The molecule has 2 rings (SSSR count). The second-order valence-electron chi connectivity index (χ2n) is 6.53. The molecule has 1 heterocycles. The molecule has 0 radical (unpaired) electrons. The number of aliphatic hydroxyl groups excluding tert-OH is 1. The van der Waals surface area contributed by atoms with Crippen molar-refractivity contribution in [3.05, 3.63) is 29.1 Å². The van der Waals surface area contributed by atoms with Gasteiger partial charge in [0.05, 0.1) is 7.11 Å². The van der Waals surface area contributed by atoms with Crippen molar-refractivity contribution < 1.29 is 19.4 Å². The largest absolute Gasteiger partial charge is 0.490 e. The molecule has 0 aliphatic heterocycles. The first-order valence-corrected chi connectivity index (χ1v) is 8.65. The molecule has 1 unspecified atom stereocenters. The minimum absolute atomic E-state index is 0.0828. The zero-order valence-electron chi connectivity index (χ0n) is 14.8. The summed E-state index contributed by atoms with van der Waals surface area (Å²) >= 11 is 0.970. The van der Waals surface area contributed by atoms with E-state index < -0.39 is 12.1 Å². The fourth-order valence-electron chi connectivity index (χ4n) is 2.05. The zero-order chi connectivity index (χ0) is 18.4. The number of para-hydroxylation sites is 1. The van der Waals surface area contributed by atoms with Crippen molar-refractivity contribution in [3.63, 3.8) is 0 Å². The summed E-state index contributed by atoms with van der Waals surface area (Å²) in [7, 11) is 1.31.